The summed E-state index contributed by atoms with van der Waals surface area (Å²) in [5.41, 5.74) is 3.48. The van der Waals surface area contributed by atoms with Crippen molar-refractivity contribution in [2.75, 3.05) is 9.62 Å². The molecule has 0 radical (unpaired) electrons. The number of para-hydroxylation sites is 1. The first kappa shape index (κ1) is 18.4. The average molecular weight is 395 g/mol. The maximum atomic E-state index is 12.6. The van der Waals surface area contributed by atoms with E-state index < -0.39 is 10.0 Å². The fourth-order valence-corrected chi connectivity index (χ4v) is 4.52. The molecule has 0 fully saturated rings. The number of hydrogen-bond acceptors (Lipinski definition) is 5. The zero-order chi connectivity index (χ0) is 19.7. The van der Waals surface area contributed by atoms with Crippen LogP contribution in [0.5, 0.6) is 0 Å². The van der Waals surface area contributed by atoms with Crippen molar-refractivity contribution >= 4 is 27.3 Å². The second-order valence-corrected chi connectivity index (χ2v) is 8.61. The first-order valence-corrected chi connectivity index (χ1v) is 10.8. The fraction of sp³-hybridized carbons (Fsp3) is 0.238. The van der Waals surface area contributed by atoms with Gasteiger partial charge in [0.05, 0.1) is 4.90 Å². The lowest BCUT2D eigenvalue weighted by Gasteiger charge is -2.23. The molecule has 0 amide bonds. The summed E-state index contributed by atoms with van der Waals surface area (Å²) in [5, 5.41) is 8.36. The van der Waals surface area contributed by atoms with Crippen LogP contribution in [0, 0.1) is 0 Å². The third-order valence-corrected chi connectivity index (χ3v) is 6.36. The SMILES string of the molecule is CCc1ccc(S(=O)(=O)Nc2ccc(N3c4ccccc4CC3C)nn2)cc1. The van der Waals surface area contributed by atoms with Crippen molar-refractivity contribution in [1.82, 2.24) is 10.2 Å². The smallest absolute Gasteiger partial charge is 0.263 e. The number of sulfonamides is 1. The molecule has 2 aromatic carbocycles. The minimum Gasteiger partial charge on any atom is -0.321 e. The topological polar surface area (TPSA) is 75.2 Å². The van der Waals surface area contributed by atoms with E-state index in [9.17, 15) is 8.42 Å². The van der Waals surface area contributed by atoms with Gasteiger partial charge in [-0.2, -0.15) is 0 Å². The minimum atomic E-state index is -3.70. The Morgan fingerprint density at radius 3 is 2.46 bits per heavy atom. The summed E-state index contributed by atoms with van der Waals surface area (Å²) in [7, 11) is -3.70. The van der Waals surface area contributed by atoms with Crippen molar-refractivity contribution in [3.8, 4) is 0 Å². The molecule has 6 nitrogen and oxygen atoms in total. The van der Waals surface area contributed by atoms with Crippen molar-refractivity contribution in [2.45, 2.75) is 37.6 Å². The summed E-state index contributed by atoms with van der Waals surface area (Å²) >= 11 is 0. The molecule has 2 heterocycles. The Labute approximate surface area is 165 Å². The molecule has 1 aromatic heterocycles. The van der Waals surface area contributed by atoms with Crippen LogP contribution in [-0.4, -0.2) is 24.7 Å². The normalized spacial score (nSPS) is 16.1. The Morgan fingerprint density at radius 1 is 1.04 bits per heavy atom. The Kier molecular flexibility index (Phi) is 4.77. The molecule has 0 bridgehead atoms. The highest BCUT2D eigenvalue weighted by atomic mass is 32.2. The summed E-state index contributed by atoms with van der Waals surface area (Å²) in [6.45, 7) is 4.16. The van der Waals surface area contributed by atoms with Crippen LogP contribution >= 0.6 is 0 Å². The van der Waals surface area contributed by atoms with E-state index in [2.05, 4.69) is 38.9 Å². The van der Waals surface area contributed by atoms with Crippen LogP contribution in [0.1, 0.15) is 25.0 Å². The molecule has 1 aliphatic heterocycles. The number of nitrogens with one attached hydrogen (secondary N) is 1. The van der Waals surface area contributed by atoms with E-state index in [-0.39, 0.29) is 16.8 Å². The number of aryl methyl sites for hydroxylation is 1. The lowest BCUT2D eigenvalue weighted by atomic mass is 10.1. The summed E-state index contributed by atoms with van der Waals surface area (Å²) in [5.74, 6) is 0.899. The number of aromatic nitrogens is 2. The van der Waals surface area contributed by atoms with Gasteiger partial charge >= 0.3 is 0 Å². The van der Waals surface area contributed by atoms with Gasteiger partial charge in [0, 0.05) is 11.7 Å². The van der Waals surface area contributed by atoms with Crippen molar-refractivity contribution in [2.24, 2.45) is 0 Å². The van der Waals surface area contributed by atoms with E-state index in [1.54, 1.807) is 24.3 Å². The highest BCUT2D eigenvalue weighted by Crippen LogP contribution is 2.36. The Balaban J connectivity index is 1.55. The van der Waals surface area contributed by atoms with Gasteiger partial charge < -0.3 is 4.90 Å². The van der Waals surface area contributed by atoms with Gasteiger partial charge in [-0.05, 0) is 61.2 Å². The van der Waals surface area contributed by atoms with Crippen LogP contribution in [0.2, 0.25) is 0 Å². The maximum Gasteiger partial charge on any atom is 0.263 e. The largest absolute Gasteiger partial charge is 0.321 e. The van der Waals surface area contributed by atoms with Crippen LogP contribution in [0.3, 0.4) is 0 Å². The lowest BCUT2D eigenvalue weighted by Crippen LogP contribution is -2.25. The lowest BCUT2D eigenvalue weighted by molar-refractivity contribution is 0.601. The van der Waals surface area contributed by atoms with Crippen molar-refractivity contribution in [3.05, 3.63) is 71.8 Å². The van der Waals surface area contributed by atoms with Gasteiger partial charge in [0.25, 0.3) is 10.0 Å². The van der Waals surface area contributed by atoms with E-state index in [1.165, 1.54) is 5.56 Å². The average Bonchev–Trinajstić information content (AvgIpc) is 3.04. The number of fused-ring (bicyclic) bond motifs is 1. The quantitative estimate of drug-likeness (QED) is 0.710. The highest BCUT2D eigenvalue weighted by molar-refractivity contribution is 7.92. The third-order valence-electron chi connectivity index (χ3n) is 4.99. The molecule has 7 heteroatoms. The molecule has 0 saturated heterocycles. The van der Waals surface area contributed by atoms with E-state index in [4.69, 9.17) is 0 Å². The summed E-state index contributed by atoms with van der Waals surface area (Å²) < 4.78 is 27.6. The molecule has 0 saturated carbocycles. The van der Waals surface area contributed by atoms with E-state index >= 15 is 0 Å². The predicted molar refractivity (Wildman–Crippen MR) is 110 cm³/mol. The minimum absolute atomic E-state index is 0.198. The summed E-state index contributed by atoms with van der Waals surface area (Å²) in [4.78, 5) is 2.34. The van der Waals surface area contributed by atoms with Crippen LogP contribution in [0.4, 0.5) is 17.3 Å². The number of anilines is 3. The van der Waals surface area contributed by atoms with Crippen molar-refractivity contribution in [1.29, 1.82) is 0 Å². The molecule has 144 valence electrons. The number of nitrogens with zero attached hydrogens (tertiary/aromatic N) is 3. The first-order chi connectivity index (χ1) is 13.5. The van der Waals surface area contributed by atoms with E-state index in [0.717, 1.165) is 24.1 Å². The van der Waals surface area contributed by atoms with Crippen LogP contribution in [-0.2, 0) is 22.9 Å². The molecule has 1 atom stereocenters. The first-order valence-electron chi connectivity index (χ1n) is 9.30. The van der Waals surface area contributed by atoms with Gasteiger partial charge in [0.2, 0.25) is 0 Å². The summed E-state index contributed by atoms with van der Waals surface area (Å²) in [6.07, 6.45) is 1.80. The van der Waals surface area contributed by atoms with Gasteiger partial charge in [-0.1, -0.05) is 37.3 Å². The molecule has 0 aliphatic carbocycles. The van der Waals surface area contributed by atoms with Crippen LogP contribution in [0.15, 0.2) is 65.6 Å². The molecule has 1 aliphatic rings. The standard InChI is InChI=1S/C21H22N4O2S/c1-3-16-8-10-18(11-9-16)28(26,27)24-20-12-13-21(23-22-20)25-15(2)14-17-6-4-5-7-19(17)25/h4-13,15H,3,14H2,1-2H3,(H,22,24). The molecular formula is C21H22N4O2S. The van der Waals surface area contributed by atoms with E-state index in [1.807, 2.05) is 31.2 Å². The zero-order valence-electron chi connectivity index (χ0n) is 15.8. The molecule has 3 aromatic rings. The third kappa shape index (κ3) is 3.45. The van der Waals surface area contributed by atoms with Gasteiger partial charge in [-0.3, -0.25) is 4.72 Å². The van der Waals surface area contributed by atoms with E-state index in [0.29, 0.717) is 5.82 Å². The molecule has 28 heavy (non-hydrogen) atoms. The molecular weight excluding hydrogens is 372 g/mol. The van der Waals surface area contributed by atoms with Gasteiger partial charge in [0.1, 0.15) is 0 Å². The monoisotopic (exact) mass is 394 g/mol. The molecule has 1 unspecified atom stereocenters. The number of rotatable bonds is 5. The van der Waals surface area contributed by atoms with Crippen molar-refractivity contribution in [3.63, 3.8) is 0 Å². The maximum absolute atomic E-state index is 12.6. The van der Waals surface area contributed by atoms with Crippen molar-refractivity contribution < 1.29 is 8.42 Å². The van der Waals surface area contributed by atoms with Crippen LogP contribution < -0.4 is 9.62 Å². The Hall–Kier alpha value is -2.93. The molecule has 1 N–H and O–H groups in total. The highest BCUT2D eigenvalue weighted by Gasteiger charge is 2.28. The molecule has 0 spiro atoms. The van der Waals surface area contributed by atoms with Gasteiger partial charge in [-0.15, -0.1) is 10.2 Å². The zero-order valence-corrected chi connectivity index (χ0v) is 16.6. The van der Waals surface area contributed by atoms with Gasteiger partial charge in [0.15, 0.2) is 11.6 Å². The van der Waals surface area contributed by atoms with Crippen LogP contribution in [0.25, 0.3) is 0 Å². The Bertz CT molecular complexity index is 1080. The fourth-order valence-electron chi connectivity index (χ4n) is 3.52. The Morgan fingerprint density at radius 2 is 1.79 bits per heavy atom. The number of hydrogen-bond donors (Lipinski definition) is 1. The summed E-state index contributed by atoms with van der Waals surface area (Å²) in [6, 6.07) is 18.8. The predicted octanol–water partition coefficient (Wildman–Crippen LogP) is 3.92. The number of benzene rings is 2. The van der Waals surface area contributed by atoms with Gasteiger partial charge in [-0.25, -0.2) is 8.42 Å². The second kappa shape index (κ2) is 7.24. The second-order valence-electron chi connectivity index (χ2n) is 6.93. The molecule has 4 rings (SSSR count).